The molecule has 2 saturated heterocycles. The minimum Gasteiger partial charge on any atom is -0.493 e. The monoisotopic (exact) mass is 517 g/mol. The van der Waals surface area contributed by atoms with E-state index in [9.17, 15) is 19.2 Å². The Kier molecular flexibility index (Phi) is 5.22. The van der Waals surface area contributed by atoms with Gasteiger partial charge in [0.2, 0.25) is 29.0 Å². The number of carbonyl (C=O) groups excluding carboxylic acids is 4. The summed E-state index contributed by atoms with van der Waals surface area (Å²) >= 11 is 6.07. The second kappa shape index (κ2) is 8.26. The Labute approximate surface area is 216 Å². The van der Waals surface area contributed by atoms with Gasteiger partial charge in [-0.05, 0) is 29.8 Å². The second-order valence-electron chi connectivity index (χ2n) is 9.08. The van der Waals surface area contributed by atoms with Gasteiger partial charge in [-0.1, -0.05) is 48.0 Å². The number of anilines is 1. The Morgan fingerprint density at radius 3 is 2.03 bits per heavy atom. The van der Waals surface area contributed by atoms with Crippen molar-refractivity contribution in [1.82, 2.24) is 0 Å². The Morgan fingerprint density at radius 1 is 0.811 bits per heavy atom. The molecule has 3 aliphatic rings. The third-order valence-corrected chi connectivity index (χ3v) is 7.59. The van der Waals surface area contributed by atoms with Gasteiger partial charge in [0.15, 0.2) is 11.5 Å². The van der Waals surface area contributed by atoms with Crippen molar-refractivity contribution in [2.24, 2.45) is 11.8 Å². The fourth-order valence-corrected chi connectivity index (χ4v) is 5.82. The summed E-state index contributed by atoms with van der Waals surface area (Å²) in [7, 11) is 2.91. The molecular weight excluding hydrogens is 498 g/mol. The first-order chi connectivity index (χ1) is 17.8. The number of rotatable bonds is 4. The lowest BCUT2D eigenvalue weighted by molar-refractivity contribution is -0.127. The summed E-state index contributed by atoms with van der Waals surface area (Å²) < 4.78 is 16.9. The molecule has 9 heteroatoms. The van der Waals surface area contributed by atoms with Gasteiger partial charge in [0.25, 0.3) is 0 Å². The molecule has 2 amide bonds. The van der Waals surface area contributed by atoms with Crippen LogP contribution < -0.4 is 14.4 Å². The molecule has 3 aromatic rings. The molecule has 2 aliphatic heterocycles. The number of nitrogens with zero attached hydrogens (tertiary/aromatic N) is 1. The summed E-state index contributed by atoms with van der Waals surface area (Å²) in [5, 5.41) is 0.467. The summed E-state index contributed by atoms with van der Waals surface area (Å²) in [4.78, 5) is 56.6. The number of hydrogen-bond acceptors (Lipinski definition) is 7. The molecule has 0 radical (unpaired) electrons. The lowest BCUT2D eigenvalue weighted by Crippen LogP contribution is -2.51. The molecule has 0 N–H and O–H groups in total. The molecule has 1 aliphatic carbocycles. The van der Waals surface area contributed by atoms with Crippen molar-refractivity contribution in [3.05, 3.63) is 88.4 Å². The molecule has 2 fully saturated rings. The van der Waals surface area contributed by atoms with Gasteiger partial charge in [0.05, 0.1) is 37.8 Å². The zero-order chi connectivity index (χ0) is 26.1. The second-order valence-corrected chi connectivity index (χ2v) is 9.52. The topological polar surface area (TPSA) is 99.2 Å². The number of hydrogen-bond donors (Lipinski definition) is 0. The quantitative estimate of drug-likeness (QED) is 0.380. The van der Waals surface area contributed by atoms with Gasteiger partial charge in [-0.15, -0.1) is 0 Å². The van der Waals surface area contributed by atoms with E-state index in [0.717, 1.165) is 4.90 Å². The Hall–Kier alpha value is -4.01. The highest BCUT2D eigenvalue weighted by Gasteiger charge is 2.74. The van der Waals surface area contributed by atoms with Crippen LogP contribution in [-0.4, -0.2) is 43.2 Å². The van der Waals surface area contributed by atoms with Crippen LogP contribution in [0.5, 0.6) is 11.5 Å². The number of methoxy groups -OCH3 is 2. The van der Waals surface area contributed by atoms with Gasteiger partial charge >= 0.3 is 0 Å². The molecular formula is C28H20ClNO7. The van der Waals surface area contributed by atoms with Crippen LogP contribution in [0.4, 0.5) is 5.69 Å². The van der Waals surface area contributed by atoms with Gasteiger partial charge in [0.1, 0.15) is 0 Å². The molecule has 0 unspecified atom stereocenters. The van der Waals surface area contributed by atoms with E-state index in [2.05, 4.69) is 0 Å². The van der Waals surface area contributed by atoms with E-state index in [0.29, 0.717) is 22.1 Å². The van der Waals surface area contributed by atoms with Crippen molar-refractivity contribution in [2.75, 3.05) is 19.1 Å². The molecule has 6 rings (SSSR count). The number of imide groups is 1. The normalized spacial score (nSPS) is 23.5. The smallest absolute Gasteiger partial charge is 0.241 e. The van der Waals surface area contributed by atoms with E-state index in [4.69, 9.17) is 25.8 Å². The van der Waals surface area contributed by atoms with E-state index in [1.165, 1.54) is 32.4 Å². The first-order valence-corrected chi connectivity index (χ1v) is 11.9. The van der Waals surface area contributed by atoms with E-state index in [1.54, 1.807) is 48.5 Å². The van der Waals surface area contributed by atoms with E-state index in [1.807, 2.05) is 0 Å². The van der Waals surface area contributed by atoms with Crippen molar-refractivity contribution >= 4 is 40.7 Å². The zero-order valence-corrected chi connectivity index (χ0v) is 20.5. The average Bonchev–Trinajstić information content (AvgIpc) is 3.48. The van der Waals surface area contributed by atoms with E-state index >= 15 is 0 Å². The molecule has 37 heavy (non-hydrogen) atoms. The SMILES string of the molecule is COc1ccc(N2C(=O)[C@@H]3[C@@H](c4ccc(Cl)cc4)OC4(C(=O)c5ccccc5C4=O)[C@@H]3C2=O)cc1OC. The predicted molar refractivity (Wildman–Crippen MR) is 132 cm³/mol. The van der Waals surface area contributed by atoms with E-state index in [-0.39, 0.29) is 16.8 Å². The summed E-state index contributed by atoms with van der Waals surface area (Å²) in [5.41, 5.74) is -1.03. The lowest BCUT2D eigenvalue weighted by atomic mass is 9.77. The minimum absolute atomic E-state index is 0.174. The Bertz CT molecular complexity index is 1460. The number of fused-ring (bicyclic) bond motifs is 3. The predicted octanol–water partition coefficient (Wildman–Crippen LogP) is 4.05. The number of ether oxygens (including phenoxy) is 3. The summed E-state index contributed by atoms with van der Waals surface area (Å²) in [6.07, 6.45) is -1.02. The summed E-state index contributed by atoms with van der Waals surface area (Å²) in [6, 6.07) is 17.6. The van der Waals surface area contributed by atoms with Crippen molar-refractivity contribution < 1.29 is 33.4 Å². The number of Topliss-reactive ketones (excluding diaryl/α,β-unsaturated/α-hetero) is 2. The third kappa shape index (κ3) is 3.06. The average molecular weight is 518 g/mol. The van der Waals surface area contributed by atoms with Gasteiger partial charge in [0, 0.05) is 22.2 Å². The molecule has 0 saturated carbocycles. The Balaban J connectivity index is 1.52. The zero-order valence-electron chi connectivity index (χ0n) is 19.8. The number of carbonyl (C=O) groups is 4. The fourth-order valence-electron chi connectivity index (χ4n) is 5.69. The molecule has 3 atom stereocenters. The highest BCUT2D eigenvalue weighted by atomic mass is 35.5. The van der Waals surface area contributed by atoms with Crippen LogP contribution in [-0.2, 0) is 14.3 Å². The molecule has 0 aromatic heterocycles. The van der Waals surface area contributed by atoms with Crippen LogP contribution in [0.1, 0.15) is 32.4 Å². The van der Waals surface area contributed by atoms with Gasteiger partial charge < -0.3 is 14.2 Å². The van der Waals surface area contributed by atoms with Crippen molar-refractivity contribution in [3.63, 3.8) is 0 Å². The fraction of sp³-hybridized carbons (Fsp3) is 0.214. The molecule has 3 aromatic carbocycles. The number of halogens is 1. The van der Waals surface area contributed by atoms with Gasteiger partial charge in [-0.25, -0.2) is 4.90 Å². The lowest BCUT2D eigenvalue weighted by Gasteiger charge is -2.27. The van der Waals surface area contributed by atoms with Crippen molar-refractivity contribution in [3.8, 4) is 11.5 Å². The largest absolute Gasteiger partial charge is 0.493 e. The molecule has 1 spiro atoms. The van der Waals surface area contributed by atoms with Crippen molar-refractivity contribution in [2.45, 2.75) is 11.7 Å². The van der Waals surface area contributed by atoms with Crippen LogP contribution in [0.3, 0.4) is 0 Å². The minimum atomic E-state index is -2.14. The molecule has 2 heterocycles. The van der Waals surface area contributed by atoms with E-state index < -0.39 is 46.9 Å². The molecule has 0 bridgehead atoms. The maximum Gasteiger partial charge on any atom is 0.241 e. The number of ketones is 2. The third-order valence-electron chi connectivity index (χ3n) is 7.34. The first-order valence-electron chi connectivity index (χ1n) is 11.5. The highest BCUT2D eigenvalue weighted by molar-refractivity contribution is 6.37. The molecule has 8 nitrogen and oxygen atoms in total. The summed E-state index contributed by atoms with van der Waals surface area (Å²) in [5.74, 6) is -4.21. The van der Waals surface area contributed by atoms with Gasteiger partial charge in [-0.3, -0.25) is 19.2 Å². The maximum absolute atomic E-state index is 14.0. The van der Waals surface area contributed by atoms with Crippen LogP contribution in [0.15, 0.2) is 66.7 Å². The molecule has 186 valence electrons. The first kappa shape index (κ1) is 23.4. The number of benzene rings is 3. The van der Waals surface area contributed by atoms with Crippen LogP contribution >= 0.6 is 11.6 Å². The van der Waals surface area contributed by atoms with Crippen LogP contribution in [0.25, 0.3) is 0 Å². The van der Waals surface area contributed by atoms with Gasteiger partial charge in [-0.2, -0.15) is 0 Å². The number of amides is 2. The summed E-state index contributed by atoms with van der Waals surface area (Å²) in [6.45, 7) is 0. The van der Waals surface area contributed by atoms with Crippen LogP contribution in [0, 0.1) is 11.8 Å². The maximum atomic E-state index is 14.0. The Morgan fingerprint density at radius 2 is 1.43 bits per heavy atom. The standard InChI is InChI=1S/C28H20ClNO7/c1-35-19-12-11-16(13-20(19)36-2)30-26(33)21-22(27(30)34)28(37-23(21)14-7-9-15(29)10-8-14)24(31)17-5-3-4-6-18(17)25(28)32/h3-13,21-23H,1-2H3/t21-,22-,23+/m0/s1. The van der Waals surface area contributed by atoms with Crippen molar-refractivity contribution in [1.29, 1.82) is 0 Å². The van der Waals surface area contributed by atoms with Crippen LogP contribution in [0.2, 0.25) is 5.02 Å². The highest BCUT2D eigenvalue weighted by Crippen LogP contribution is 2.58.